The fraction of sp³-hybridized carbons (Fsp3) is 0.182. The molecule has 2 N–H and O–H groups in total. The van der Waals surface area contributed by atoms with Crippen molar-refractivity contribution < 1.29 is 14.3 Å². The molecule has 7 nitrogen and oxygen atoms in total. The molecule has 0 aliphatic carbocycles. The Bertz CT molecular complexity index is 1050. The number of nitrogens with zero attached hydrogens (tertiary/aromatic N) is 2. The lowest BCUT2D eigenvalue weighted by Gasteiger charge is -2.24. The molecular formula is C22H20N4O3. The number of hydrogen-bond acceptors (Lipinski definition) is 5. The highest BCUT2D eigenvalue weighted by molar-refractivity contribution is 6.00. The summed E-state index contributed by atoms with van der Waals surface area (Å²) >= 11 is 0. The number of aromatic nitrogens is 2. The first kappa shape index (κ1) is 18.6. The van der Waals surface area contributed by atoms with Crippen molar-refractivity contribution in [2.75, 3.05) is 0 Å². The van der Waals surface area contributed by atoms with Gasteiger partial charge < -0.3 is 15.4 Å². The molecular weight excluding hydrogens is 368 g/mol. The highest BCUT2D eigenvalue weighted by Gasteiger charge is 2.28. The third kappa shape index (κ3) is 4.24. The van der Waals surface area contributed by atoms with Gasteiger partial charge in [-0.1, -0.05) is 24.3 Å². The average Bonchev–Trinajstić information content (AvgIpc) is 2.74. The maximum atomic E-state index is 12.6. The number of pyridine rings is 2. The monoisotopic (exact) mass is 388 g/mol. The summed E-state index contributed by atoms with van der Waals surface area (Å²) in [6.45, 7) is 2.13. The van der Waals surface area contributed by atoms with Gasteiger partial charge in [0, 0.05) is 36.0 Å². The van der Waals surface area contributed by atoms with Gasteiger partial charge in [0.25, 0.3) is 5.91 Å². The SMILES string of the molecule is Cc1ccc(Oc2ncccc2CNC(=O)C2Cc3ccccc3C(=O)N2)cn1. The van der Waals surface area contributed by atoms with Crippen LogP contribution < -0.4 is 15.4 Å². The van der Waals surface area contributed by atoms with E-state index >= 15 is 0 Å². The molecule has 1 atom stereocenters. The van der Waals surface area contributed by atoms with Gasteiger partial charge in [-0.05, 0) is 36.8 Å². The van der Waals surface area contributed by atoms with Gasteiger partial charge in [0.15, 0.2) is 0 Å². The maximum absolute atomic E-state index is 12.6. The van der Waals surface area contributed by atoms with Gasteiger partial charge in [-0.2, -0.15) is 0 Å². The first-order valence-corrected chi connectivity index (χ1v) is 9.31. The fourth-order valence-electron chi connectivity index (χ4n) is 3.17. The second-order valence-corrected chi connectivity index (χ2v) is 6.81. The number of nitrogens with one attached hydrogen (secondary N) is 2. The molecule has 0 radical (unpaired) electrons. The van der Waals surface area contributed by atoms with E-state index < -0.39 is 6.04 Å². The Balaban J connectivity index is 1.42. The normalized spacial score (nSPS) is 15.2. The highest BCUT2D eigenvalue weighted by Crippen LogP contribution is 2.22. The molecule has 0 fully saturated rings. The Hall–Kier alpha value is -3.74. The van der Waals surface area contributed by atoms with E-state index in [-0.39, 0.29) is 18.4 Å². The van der Waals surface area contributed by atoms with Crippen LogP contribution in [0.15, 0.2) is 60.9 Å². The summed E-state index contributed by atoms with van der Waals surface area (Å²) in [7, 11) is 0. The summed E-state index contributed by atoms with van der Waals surface area (Å²) in [6.07, 6.45) is 3.71. The van der Waals surface area contributed by atoms with Crippen LogP contribution in [-0.4, -0.2) is 27.8 Å². The standard InChI is InChI=1S/C22H20N4O3/c1-14-8-9-17(13-24-14)29-22-16(6-4-10-23-22)12-25-21(28)19-11-15-5-2-3-7-18(15)20(27)26-19/h2-10,13,19H,11-12H2,1H3,(H,25,28)(H,26,27). The molecule has 0 saturated carbocycles. The lowest BCUT2D eigenvalue weighted by atomic mass is 9.95. The Morgan fingerprint density at radius 2 is 2.03 bits per heavy atom. The van der Waals surface area contributed by atoms with Crippen LogP contribution in [0.2, 0.25) is 0 Å². The maximum Gasteiger partial charge on any atom is 0.252 e. The molecule has 7 heteroatoms. The molecule has 146 valence electrons. The molecule has 1 unspecified atom stereocenters. The van der Waals surface area contributed by atoms with E-state index in [4.69, 9.17) is 4.74 Å². The number of aryl methyl sites for hydroxylation is 1. The first-order valence-electron chi connectivity index (χ1n) is 9.31. The van der Waals surface area contributed by atoms with Crippen molar-refractivity contribution >= 4 is 11.8 Å². The minimum absolute atomic E-state index is 0.231. The Morgan fingerprint density at radius 3 is 2.86 bits per heavy atom. The lowest BCUT2D eigenvalue weighted by Crippen LogP contribution is -2.50. The summed E-state index contributed by atoms with van der Waals surface area (Å²) in [4.78, 5) is 33.3. The predicted octanol–water partition coefficient (Wildman–Crippen LogP) is 2.55. The molecule has 1 aliphatic rings. The number of carbonyl (C=O) groups excluding carboxylic acids is 2. The smallest absolute Gasteiger partial charge is 0.252 e. The van der Waals surface area contributed by atoms with E-state index in [0.717, 1.165) is 16.8 Å². The van der Waals surface area contributed by atoms with Crippen molar-refractivity contribution in [1.82, 2.24) is 20.6 Å². The van der Waals surface area contributed by atoms with Gasteiger partial charge in [0.1, 0.15) is 11.8 Å². The number of carbonyl (C=O) groups is 2. The largest absolute Gasteiger partial charge is 0.437 e. The van der Waals surface area contributed by atoms with Crippen molar-refractivity contribution in [2.24, 2.45) is 0 Å². The first-order chi connectivity index (χ1) is 14.1. The molecule has 2 aromatic heterocycles. The summed E-state index contributed by atoms with van der Waals surface area (Å²) in [6, 6.07) is 14.0. The van der Waals surface area contributed by atoms with E-state index in [0.29, 0.717) is 23.6 Å². The Morgan fingerprint density at radius 1 is 1.17 bits per heavy atom. The predicted molar refractivity (Wildman–Crippen MR) is 107 cm³/mol. The van der Waals surface area contributed by atoms with E-state index in [2.05, 4.69) is 20.6 Å². The second kappa shape index (κ2) is 8.10. The fourth-order valence-corrected chi connectivity index (χ4v) is 3.17. The van der Waals surface area contributed by atoms with Crippen LogP contribution in [0.5, 0.6) is 11.6 Å². The second-order valence-electron chi connectivity index (χ2n) is 6.81. The number of hydrogen-bond donors (Lipinski definition) is 2. The zero-order chi connectivity index (χ0) is 20.2. The number of benzene rings is 1. The van der Waals surface area contributed by atoms with Crippen molar-refractivity contribution in [1.29, 1.82) is 0 Å². The van der Waals surface area contributed by atoms with Crippen molar-refractivity contribution in [3.05, 3.63) is 83.3 Å². The van der Waals surface area contributed by atoms with Crippen molar-refractivity contribution in [2.45, 2.75) is 25.9 Å². The van der Waals surface area contributed by atoms with Gasteiger partial charge in [0.2, 0.25) is 11.8 Å². The molecule has 29 heavy (non-hydrogen) atoms. The third-order valence-electron chi connectivity index (χ3n) is 4.71. The van der Waals surface area contributed by atoms with Crippen LogP contribution >= 0.6 is 0 Å². The molecule has 1 aliphatic heterocycles. The van der Waals surface area contributed by atoms with Gasteiger partial charge >= 0.3 is 0 Å². The zero-order valence-corrected chi connectivity index (χ0v) is 15.9. The minimum atomic E-state index is -0.611. The topological polar surface area (TPSA) is 93.2 Å². The van der Waals surface area contributed by atoms with E-state index in [1.54, 1.807) is 24.5 Å². The number of ether oxygens (including phenoxy) is 1. The highest BCUT2D eigenvalue weighted by atomic mass is 16.5. The summed E-state index contributed by atoms with van der Waals surface area (Å²) in [5.74, 6) is 0.485. The molecule has 0 saturated heterocycles. The average molecular weight is 388 g/mol. The van der Waals surface area contributed by atoms with Crippen molar-refractivity contribution in [3.63, 3.8) is 0 Å². The van der Waals surface area contributed by atoms with Crippen molar-refractivity contribution in [3.8, 4) is 11.6 Å². The molecule has 1 aromatic carbocycles. The molecule has 2 amide bonds. The number of amides is 2. The summed E-state index contributed by atoms with van der Waals surface area (Å²) in [5.41, 5.74) is 3.10. The van der Waals surface area contributed by atoms with E-state index in [1.807, 2.05) is 43.3 Å². The van der Waals surface area contributed by atoms with Gasteiger partial charge in [-0.15, -0.1) is 0 Å². The molecule has 3 heterocycles. The van der Waals surface area contributed by atoms with Crippen LogP contribution in [0.25, 0.3) is 0 Å². The van der Waals surface area contributed by atoms with Gasteiger partial charge in [0.05, 0.1) is 6.20 Å². The van der Waals surface area contributed by atoms with Crippen LogP contribution in [0, 0.1) is 6.92 Å². The molecule has 4 rings (SSSR count). The van der Waals surface area contributed by atoms with Gasteiger partial charge in [-0.3, -0.25) is 14.6 Å². The number of rotatable bonds is 5. The quantitative estimate of drug-likeness (QED) is 0.701. The van der Waals surface area contributed by atoms with Crippen LogP contribution in [-0.2, 0) is 17.8 Å². The molecule has 0 bridgehead atoms. The Labute approximate surface area is 168 Å². The van der Waals surface area contributed by atoms with Crippen LogP contribution in [0.3, 0.4) is 0 Å². The summed E-state index contributed by atoms with van der Waals surface area (Å²) < 4.78 is 5.81. The van der Waals surface area contributed by atoms with E-state index in [9.17, 15) is 9.59 Å². The lowest BCUT2D eigenvalue weighted by molar-refractivity contribution is -0.123. The van der Waals surface area contributed by atoms with Gasteiger partial charge in [-0.25, -0.2) is 4.98 Å². The minimum Gasteiger partial charge on any atom is -0.437 e. The Kier molecular flexibility index (Phi) is 5.20. The van der Waals surface area contributed by atoms with Crippen LogP contribution in [0.4, 0.5) is 0 Å². The third-order valence-corrected chi connectivity index (χ3v) is 4.71. The molecule has 3 aromatic rings. The number of fused-ring (bicyclic) bond motifs is 1. The zero-order valence-electron chi connectivity index (χ0n) is 15.9. The van der Waals surface area contributed by atoms with E-state index in [1.165, 1.54) is 0 Å². The summed E-state index contributed by atoms with van der Waals surface area (Å²) in [5, 5.41) is 5.63. The van der Waals surface area contributed by atoms with Crippen LogP contribution in [0.1, 0.15) is 27.2 Å². The molecule has 0 spiro atoms.